The monoisotopic (exact) mass is 224 g/mol. The van der Waals surface area contributed by atoms with Crippen LogP contribution in [-0.2, 0) is 17.9 Å². The van der Waals surface area contributed by atoms with E-state index in [1.807, 2.05) is 27.1 Å². The van der Waals surface area contributed by atoms with Gasteiger partial charge in [0.15, 0.2) is 0 Å². The van der Waals surface area contributed by atoms with E-state index >= 15 is 0 Å². The van der Waals surface area contributed by atoms with Gasteiger partial charge in [-0.3, -0.25) is 9.48 Å². The van der Waals surface area contributed by atoms with Gasteiger partial charge in [0.25, 0.3) is 0 Å². The van der Waals surface area contributed by atoms with Gasteiger partial charge < -0.3 is 10.2 Å². The third kappa shape index (κ3) is 3.34. The summed E-state index contributed by atoms with van der Waals surface area (Å²) < 4.78 is 1.69. The highest BCUT2D eigenvalue weighted by atomic mass is 16.2. The second-order valence-corrected chi connectivity index (χ2v) is 3.64. The lowest BCUT2D eigenvalue weighted by atomic mass is 10.4. The van der Waals surface area contributed by atoms with Crippen molar-refractivity contribution in [3.8, 4) is 0 Å². The van der Waals surface area contributed by atoms with E-state index in [4.69, 9.17) is 0 Å². The molecular formula is C11H20N4O. The van der Waals surface area contributed by atoms with Crippen molar-refractivity contribution < 1.29 is 4.79 Å². The first-order valence-electron chi connectivity index (χ1n) is 5.65. The maximum atomic E-state index is 11.8. The third-order valence-corrected chi connectivity index (χ3v) is 2.48. The van der Waals surface area contributed by atoms with Crippen molar-refractivity contribution in [2.75, 3.05) is 20.1 Å². The molecule has 1 aromatic heterocycles. The number of carbonyl (C=O) groups is 1. The van der Waals surface area contributed by atoms with E-state index in [0.717, 1.165) is 25.2 Å². The number of aromatic nitrogens is 2. The van der Waals surface area contributed by atoms with Crippen LogP contribution < -0.4 is 5.32 Å². The van der Waals surface area contributed by atoms with Gasteiger partial charge in [-0.05, 0) is 20.9 Å². The molecule has 1 amide bonds. The van der Waals surface area contributed by atoms with Gasteiger partial charge in [0.05, 0.1) is 6.20 Å². The van der Waals surface area contributed by atoms with Crippen LogP contribution in [0.4, 0.5) is 0 Å². The lowest BCUT2D eigenvalue weighted by Crippen LogP contribution is -2.33. The van der Waals surface area contributed by atoms with Crippen LogP contribution >= 0.6 is 0 Å². The molecular weight excluding hydrogens is 204 g/mol. The van der Waals surface area contributed by atoms with Crippen LogP contribution in [0.3, 0.4) is 0 Å². The Kier molecular flexibility index (Phi) is 4.98. The summed E-state index contributed by atoms with van der Waals surface area (Å²) in [6.45, 7) is 6.57. The highest BCUT2D eigenvalue weighted by Gasteiger charge is 2.10. The summed E-state index contributed by atoms with van der Waals surface area (Å²) in [4.78, 5) is 13.6. The minimum atomic E-state index is 0.115. The lowest BCUT2D eigenvalue weighted by molar-refractivity contribution is -0.131. The molecule has 0 aliphatic heterocycles. The van der Waals surface area contributed by atoms with Crippen LogP contribution in [-0.4, -0.2) is 40.7 Å². The molecule has 5 nitrogen and oxygen atoms in total. The predicted octanol–water partition coefficient (Wildman–Crippen LogP) is 0.471. The van der Waals surface area contributed by atoms with E-state index in [1.54, 1.807) is 15.8 Å². The van der Waals surface area contributed by atoms with Gasteiger partial charge in [0.1, 0.15) is 6.54 Å². The highest BCUT2D eigenvalue weighted by Crippen LogP contribution is 1.98. The van der Waals surface area contributed by atoms with Gasteiger partial charge in [-0.2, -0.15) is 5.10 Å². The largest absolute Gasteiger partial charge is 0.342 e. The fourth-order valence-electron chi connectivity index (χ4n) is 1.60. The Bertz CT molecular complexity index is 330. The van der Waals surface area contributed by atoms with Crippen molar-refractivity contribution in [1.29, 1.82) is 0 Å². The minimum Gasteiger partial charge on any atom is -0.342 e. The fraction of sp³-hybridized carbons (Fsp3) is 0.636. The molecule has 1 heterocycles. The van der Waals surface area contributed by atoms with Crippen LogP contribution in [0, 0.1) is 0 Å². The van der Waals surface area contributed by atoms with E-state index in [2.05, 4.69) is 10.4 Å². The molecule has 16 heavy (non-hydrogen) atoms. The van der Waals surface area contributed by atoms with Crippen molar-refractivity contribution in [1.82, 2.24) is 20.0 Å². The molecule has 1 N–H and O–H groups in total. The van der Waals surface area contributed by atoms with E-state index in [0.29, 0.717) is 6.54 Å². The first-order chi connectivity index (χ1) is 7.71. The fourth-order valence-corrected chi connectivity index (χ4v) is 1.60. The summed E-state index contributed by atoms with van der Waals surface area (Å²) in [7, 11) is 1.89. The molecule has 1 aromatic rings. The molecule has 0 aromatic carbocycles. The maximum absolute atomic E-state index is 11.8. The highest BCUT2D eigenvalue weighted by molar-refractivity contribution is 5.75. The first kappa shape index (κ1) is 12.7. The average molecular weight is 224 g/mol. The topological polar surface area (TPSA) is 50.2 Å². The number of likely N-dealkylation sites (N-methyl/N-ethyl adjacent to an activating group) is 1. The quantitative estimate of drug-likeness (QED) is 0.764. The Hall–Kier alpha value is -1.36. The number of hydrogen-bond acceptors (Lipinski definition) is 3. The van der Waals surface area contributed by atoms with Gasteiger partial charge in [-0.15, -0.1) is 0 Å². The van der Waals surface area contributed by atoms with Crippen LogP contribution in [0.1, 0.15) is 19.4 Å². The number of hydrogen-bond donors (Lipinski definition) is 1. The van der Waals surface area contributed by atoms with Crippen molar-refractivity contribution >= 4 is 5.91 Å². The van der Waals surface area contributed by atoms with Gasteiger partial charge in [0, 0.05) is 31.4 Å². The maximum Gasteiger partial charge on any atom is 0.244 e. The predicted molar refractivity (Wildman–Crippen MR) is 62.9 cm³/mol. The Labute approximate surface area is 96.4 Å². The van der Waals surface area contributed by atoms with Crippen molar-refractivity contribution in [3.63, 3.8) is 0 Å². The Morgan fingerprint density at radius 2 is 2.19 bits per heavy atom. The van der Waals surface area contributed by atoms with Gasteiger partial charge >= 0.3 is 0 Å². The van der Waals surface area contributed by atoms with E-state index < -0.39 is 0 Å². The Morgan fingerprint density at radius 1 is 1.50 bits per heavy atom. The molecule has 0 fully saturated rings. The number of nitrogens with zero attached hydrogens (tertiary/aromatic N) is 3. The van der Waals surface area contributed by atoms with Crippen LogP contribution in [0.15, 0.2) is 12.4 Å². The Balaban J connectivity index is 2.55. The summed E-state index contributed by atoms with van der Waals surface area (Å²) in [5.41, 5.74) is 1.09. The summed E-state index contributed by atoms with van der Waals surface area (Å²) in [5.74, 6) is 0.115. The smallest absolute Gasteiger partial charge is 0.244 e. The number of carbonyl (C=O) groups excluding carboxylic acids is 1. The number of amides is 1. The Morgan fingerprint density at radius 3 is 2.75 bits per heavy atom. The van der Waals surface area contributed by atoms with Crippen molar-refractivity contribution in [3.05, 3.63) is 18.0 Å². The van der Waals surface area contributed by atoms with Gasteiger partial charge in [-0.25, -0.2) is 0 Å². The van der Waals surface area contributed by atoms with Crippen molar-refractivity contribution in [2.45, 2.75) is 26.9 Å². The number of nitrogens with one attached hydrogen (secondary N) is 1. The molecule has 0 aliphatic rings. The zero-order valence-corrected chi connectivity index (χ0v) is 10.2. The molecule has 0 saturated carbocycles. The SMILES string of the molecule is CCN(CC)C(=O)Cn1cc(CNC)cn1. The second kappa shape index (κ2) is 6.27. The summed E-state index contributed by atoms with van der Waals surface area (Å²) in [5, 5.41) is 7.20. The zero-order chi connectivity index (χ0) is 12.0. The van der Waals surface area contributed by atoms with Gasteiger partial charge in [-0.1, -0.05) is 0 Å². The summed E-state index contributed by atoms with van der Waals surface area (Å²) >= 11 is 0. The second-order valence-electron chi connectivity index (χ2n) is 3.64. The minimum absolute atomic E-state index is 0.115. The summed E-state index contributed by atoms with van der Waals surface area (Å²) in [6.07, 6.45) is 3.68. The summed E-state index contributed by atoms with van der Waals surface area (Å²) in [6, 6.07) is 0. The van der Waals surface area contributed by atoms with Crippen molar-refractivity contribution in [2.24, 2.45) is 0 Å². The van der Waals surface area contributed by atoms with Crippen LogP contribution in [0.2, 0.25) is 0 Å². The zero-order valence-electron chi connectivity index (χ0n) is 10.2. The third-order valence-electron chi connectivity index (χ3n) is 2.48. The molecule has 0 bridgehead atoms. The number of rotatable bonds is 6. The van der Waals surface area contributed by atoms with Crippen LogP contribution in [0.25, 0.3) is 0 Å². The molecule has 0 spiro atoms. The van der Waals surface area contributed by atoms with E-state index in [-0.39, 0.29) is 5.91 Å². The molecule has 0 aliphatic carbocycles. The molecule has 1 rings (SSSR count). The molecule has 90 valence electrons. The standard InChI is InChI=1S/C11H20N4O/c1-4-14(5-2)11(16)9-15-8-10(6-12-3)7-13-15/h7-8,12H,4-6,9H2,1-3H3. The lowest BCUT2D eigenvalue weighted by Gasteiger charge is -2.18. The van der Waals surface area contributed by atoms with E-state index in [9.17, 15) is 4.79 Å². The molecule has 0 radical (unpaired) electrons. The van der Waals surface area contributed by atoms with Crippen LogP contribution in [0.5, 0.6) is 0 Å². The molecule has 0 atom stereocenters. The van der Waals surface area contributed by atoms with Gasteiger partial charge in [0.2, 0.25) is 5.91 Å². The molecule has 0 unspecified atom stereocenters. The normalized spacial score (nSPS) is 10.4. The average Bonchev–Trinajstić information content (AvgIpc) is 2.68. The van der Waals surface area contributed by atoms with E-state index in [1.165, 1.54) is 0 Å². The first-order valence-corrected chi connectivity index (χ1v) is 5.65. The molecule has 5 heteroatoms. The molecule has 0 saturated heterocycles.